The zero-order chi connectivity index (χ0) is 19.6. The van der Waals surface area contributed by atoms with Gasteiger partial charge in [0.1, 0.15) is 12.8 Å². The largest absolute Gasteiger partial charge is 0.399 e. The normalized spacial score (nSPS) is 17.4. The number of carbonyl (C=O) groups is 4. The smallest absolute Gasteiger partial charge is 0.333 e. The van der Waals surface area contributed by atoms with Gasteiger partial charge in [-0.05, 0) is 19.1 Å². The van der Waals surface area contributed by atoms with Crippen LogP contribution in [0.3, 0.4) is 0 Å². The molecule has 0 aromatic heterocycles. The van der Waals surface area contributed by atoms with Crippen LogP contribution in [0.2, 0.25) is 0 Å². The lowest BCUT2D eigenvalue weighted by molar-refractivity contribution is -0.174. The minimum Gasteiger partial charge on any atom is -0.399 e. The molecule has 1 aliphatic heterocycles. The van der Waals surface area contributed by atoms with Crippen LogP contribution in [-0.4, -0.2) is 76.3 Å². The molecule has 1 N–H and O–H groups in total. The number of hydrogen-bond donors (Lipinski definition) is 1. The Kier molecular flexibility index (Phi) is 5.07. The van der Waals surface area contributed by atoms with E-state index < -0.39 is 29.3 Å². The van der Waals surface area contributed by atoms with Crippen LogP contribution in [-0.2, 0) is 14.4 Å². The molecule has 0 bridgehead atoms. The minimum atomic E-state index is -2.57. The van der Waals surface area contributed by atoms with Crippen molar-refractivity contribution in [1.82, 2.24) is 14.9 Å². The van der Waals surface area contributed by atoms with Gasteiger partial charge in [-0.1, -0.05) is 23.4 Å². The zero-order valence-electron chi connectivity index (χ0n) is 14.7. The lowest BCUT2D eigenvalue weighted by atomic mass is 9.87. The molecule has 10 nitrogen and oxygen atoms in total. The predicted octanol–water partition coefficient (Wildman–Crippen LogP) is 0.330. The van der Waals surface area contributed by atoms with E-state index in [1.165, 1.54) is 26.2 Å². The minimum absolute atomic E-state index is 0.00963. The monoisotopic (exact) mass is 362 g/mol. The number of likely N-dealkylation sites (N-methyl/N-ethyl adjacent to an activating group) is 2. The molecule has 0 aliphatic carbocycles. The molecule has 1 aromatic carbocycles. The Morgan fingerprint density at radius 3 is 2.08 bits per heavy atom. The third-order valence-corrected chi connectivity index (χ3v) is 4.08. The first-order valence-electron chi connectivity index (χ1n) is 7.48. The van der Waals surface area contributed by atoms with E-state index in [9.17, 15) is 24.4 Å². The Bertz CT molecular complexity index is 767. The summed E-state index contributed by atoms with van der Waals surface area (Å²) in [5, 5.41) is 14.2. The lowest BCUT2D eigenvalue weighted by Gasteiger charge is -2.44. The summed E-state index contributed by atoms with van der Waals surface area (Å²) in [7, 11) is 3.43. The van der Waals surface area contributed by atoms with Crippen LogP contribution in [0.4, 0.5) is 4.79 Å². The summed E-state index contributed by atoms with van der Waals surface area (Å²) in [6.45, 7) is 1.23. The van der Waals surface area contributed by atoms with Crippen molar-refractivity contribution in [2.24, 2.45) is 5.16 Å². The highest BCUT2D eigenvalue weighted by Gasteiger charge is 2.63. The van der Waals surface area contributed by atoms with Crippen molar-refractivity contribution < 1.29 is 29.2 Å². The number of hydrogen-bond acceptors (Lipinski definition) is 7. The number of rotatable bonds is 4. The molecule has 2 rings (SSSR count). The van der Waals surface area contributed by atoms with Crippen LogP contribution in [0.1, 0.15) is 17.3 Å². The van der Waals surface area contributed by atoms with E-state index in [0.717, 1.165) is 14.1 Å². The van der Waals surface area contributed by atoms with Crippen LogP contribution in [0.5, 0.6) is 0 Å². The van der Waals surface area contributed by atoms with Crippen LogP contribution in [0.15, 0.2) is 35.5 Å². The van der Waals surface area contributed by atoms with Gasteiger partial charge in [0.25, 0.3) is 23.3 Å². The van der Waals surface area contributed by atoms with Gasteiger partial charge in [0, 0.05) is 19.7 Å². The van der Waals surface area contributed by atoms with Crippen LogP contribution < -0.4 is 0 Å². The highest BCUT2D eigenvalue weighted by molar-refractivity contribution is 6.36. The number of imide groups is 2. The van der Waals surface area contributed by atoms with E-state index in [1.807, 2.05) is 0 Å². The molecule has 0 unspecified atom stereocenters. The van der Waals surface area contributed by atoms with Gasteiger partial charge in [-0.3, -0.25) is 29.4 Å². The van der Waals surface area contributed by atoms with Crippen molar-refractivity contribution in [1.29, 1.82) is 0 Å². The molecule has 0 radical (unpaired) electrons. The second-order valence-electron chi connectivity index (χ2n) is 5.56. The molecular weight excluding hydrogens is 344 g/mol. The zero-order valence-corrected chi connectivity index (χ0v) is 14.7. The van der Waals surface area contributed by atoms with Crippen molar-refractivity contribution in [2.75, 3.05) is 21.2 Å². The number of hydroxylamine groups is 2. The van der Waals surface area contributed by atoms with E-state index in [4.69, 9.17) is 0 Å². The molecule has 5 amide bonds. The number of urea groups is 1. The maximum absolute atomic E-state index is 12.9. The summed E-state index contributed by atoms with van der Waals surface area (Å²) in [5.74, 6) is -3.28. The van der Waals surface area contributed by atoms with E-state index in [1.54, 1.807) is 18.2 Å². The maximum atomic E-state index is 12.9. The first kappa shape index (κ1) is 19.1. The molecule has 0 saturated carbocycles. The summed E-state index contributed by atoms with van der Waals surface area (Å²) >= 11 is 0. The molecule has 10 heteroatoms. The maximum Gasteiger partial charge on any atom is 0.333 e. The van der Waals surface area contributed by atoms with Gasteiger partial charge in [0.05, 0.1) is 0 Å². The second-order valence-corrected chi connectivity index (χ2v) is 5.56. The van der Waals surface area contributed by atoms with Crippen molar-refractivity contribution in [2.45, 2.75) is 12.5 Å². The van der Waals surface area contributed by atoms with Gasteiger partial charge in [-0.15, -0.1) is 0 Å². The standard InChI is InChI=1S/C16H18N4O6/c1-10(17-26-4)16(13(22)18(2)15(24)19(3)14(16)23)20(25)12(21)11-8-6-5-7-9-11/h5-9,25H,1-4H3. The summed E-state index contributed by atoms with van der Waals surface area (Å²) in [5.41, 5.74) is -2.85. The molecule has 0 atom stereocenters. The van der Waals surface area contributed by atoms with Crippen molar-refractivity contribution in [3.63, 3.8) is 0 Å². The lowest BCUT2D eigenvalue weighted by Crippen LogP contribution is -2.76. The fourth-order valence-corrected chi connectivity index (χ4v) is 2.68. The van der Waals surface area contributed by atoms with Crippen molar-refractivity contribution in [3.05, 3.63) is 35.9 Å². The third-order valence-electron chi connectivity index (χ3n) is 4.08. The number of nitrogens with zero attached hydrogens (tertiary/aromatic N) is 4. The van der Waals surface area contributed by atoms with Gasteiger partial charge < -0.3 is 4.84 Å². The number of oxime groups is 1. The summed E-state index contributed by atoms with van der Waals surface area (Å²) in [4.78, 5) is 56.3. The number of carbonyl (C=O) groups excluding carboxylic acids is 4. The molecule has 26 heavy (non-hydrogen) atoms. The topological polar surface area (TPSA) is 120 Å². The van der Waals surface area contributed by atoms with Crippen LogP contribution in [0, 0.1) is 0 Å². The van der Waals surface area contributed by atoms with Crippen molar-refractivity contribution in [3.8, 4) is 0 Å². The molecule has 138 valence electrons. The van der Waals surface area contributed by atoms with Crippen molar-refractivity contribution >= 4 is 29.5 Å². The Morgan fingerprint density at radius 1 is 1.12 bits per heavy atom. The number of amides is 5. The number of barbiturate groups is 1. The fraction of sp³-hybridized carbons (Fsp3) is 0.312. The Morgan fingerprint density at radius 2 is 1.62 bits per heavy atom. The van der Waals surface area contributed by atoms with Crippen LogP contribution in [0.25, 0.3) is 0 Å². The van der Waals surface area contributed by atoms with E-state index >= 15 is 0 Å². The third kappa shape index (κ3) is 2.60. The summed E-state index contributed by atoms with van der Waals surface area (Å²) in [6, 6.07) is 6.66. The molecular formula is C16H18N4O6. The quantitative estimate of drug-likeness (QED) is 0.357. The average molecular weight is 362 g/mol. The Labute approximate surface area is 149 Å². The molecule has 1 fully saturated rings. The van der Waals surface area contributed by atoms with Gasteiger partial charge in [0.15, 0.2) is 0 Å². The van der Waals surface area contributed by atoms with E-state index in [-0.39, 0.29) is 16.3 Å². The van der Waals surface area contributed by atoms with E-state index in [0.29, 0.717) is 9.80 Å². The summed E-state index contributed by atoms with van der Waals surface area (Å²) < 4.78 is 0. The molecule has 1 aliphatic rings. The fourth-order valence-electron chi connectivity index (χ4n) is 2.68. The van der Waals surface area contributed by atoms with E-state index in [2.05, 4.69) is 9.99 Å². The Balaban J connectivity index is 2.68. The Hall–Kier alpha value is -3.27. The number of benzene rings is 1. The summed E-state index contributed by atoms with van der Waals surface area (Å²) in [6.07, 6.45) is 0. The predicted molar refractivity (Wildman–Crippen MR) is 88.2 cm³/mol. The molecule has 1 heterocycles. The first-order valence-corrected chi connectivity index (χ1v) is 7.48. The van der Waals surface area contributed by atoms with Crippen LogP contribution >= 0.6 is 0 Å². The molecule has 0 spiro atoms. The molecule has 1 aromatic rings. The highest BCUT2D eigenvalue weighted by atomic mass is 16.6. The molecule has 1 saturated heterocycles. The average Bonchev–Trinajstić information content (AvgIpc) is 2.65. The SMILES string of the molecule is CON=C(C)C1(N(O)C(=O)c2ccccc2)C(=O)N(C)C(=O)N(C)C1=O. The van der Waals surface area contributed by atoms with Gasteiger partial charge >= 0.3 is 6.03 Å². The van der Waals surface area contributed by atoms with Gasteiger partial charge in [-0.2, -0.15) is 5.06 Å². The van der Waals surface area contributed by atoms with Gasteiger partial charge in [0.2, 0.25) is 0 Å². The van der Waals surface area contributed by atoms with Gasteiger partial charge in [-0.25, -0.2) is 4.79 Å². The highest BCUT2D eigenvalue weighted by Crippen LogP contribution is 2.28. The first-order chi connectivity index (χ1) is 12.2. The second kappa shape index (κ2) is 6.92.